The van der Waals surface area contributed by atoms with Gasteiger partial charge in [0.2, 0.25) is 5.95 Å². The fraction of sp³-hybridized carbons (Fsp3) is 0.412. The lowest BCUT2D eigenvalue weighted by molar-refractivity contribution is 0.285. The van der Waals surface area contributed by atoms with E-state index in [9.17, 15) is 4.79 Å². The van der Waals surface area contributed by atoms with E-state index in [1.54, 1.807) is 0 Å². The Hall–Kier alpha value is -2.14. The number of nitrogens with zero attached hydrogens (tertiary/aromatic N) is 3. The number of nitrogens with one attached hydrogen (secondary N) is 1. The molecule has 1 aromatic heterocycles. The Kier molecular flexibility index (Phi) is 4.53. The Balaban J connectivity index is 1.65. The van der Waals surface area contributed by atoms with Gasteiger partial charge >= 0.3 is 0 Å². The van der Waals surface area contributed by atoms with E-state index in [1.165, 1.54) is 11.6 Å². The zero-order valence-corrected chi connectivity index (χ0v) is 13.0. The Morgan fingerprint density at radius 1 is 1.14 bits per heavy atom. The fourth-order valence-electron chi connectivity index (χ4n) is 2.90. The maximum Gasteiger partial charge on any atom is 0.252 e. The molecule has 0 aliphatic carbocycles. The van der Waals surface area contributed by atoms with Gasteiger partial charge in [0.1, 0.15) is 0 Å². The Morgan fingerprint density at radius 3 is 2.73 bits per heavy atom. The second kappa shape index (κ2) is 6.75. The molecule has 5 nitrogen and oxygen atoms in total. The van der Waals surface area contributed by atoms with Crippen LogP contribution in [-0.4, -0.2) is 41.0 Å². The van der Waals surface area contributed by atoms with Gasteiger partial charge in [-0.1, -0.05) is 30.3 Å². The molecule has 0 saturated carbocycles. The van der Waals surface area contributed by atoms with Gasteiger partial charge in [-0.15, -0.1) is 0 Å². The molecule has 0 atom stereocenters. The monoisotopic (exact) mass is 298 g/mol. The minimum Gasteiger partial charge on any atom is -0.341 e. The number of rotatable bonds is 3. The summed E-state index contributed by atoms with van der Waals surface area (Å²) in [6.07, 6.45) is 1.07. The highest BCUT2D eigenvalue weighted by atomic mass is 16.1. The van der Waals surface area contributed by atoms with Gasteiger partial charge in [0.25, 0.3) is 5.56 Å². The number of benzene rings is 1. The lowest BCUT2D eigenvalue weighted by atomic mass is 10.2. The van der Waals surface area contributed by atoms with Crippen molar-refractivity contribution in [3.63, 3.8) is 0 Å². The summed E-state index contributed by atoms with van der Waals surface area (Å²) < 4.78 is 0. The SMILES string of the molecule is Cc1cc(=O)[nH]c(N2CCCN(Cc3ccccc3)CC2)n1. The van der Waals surface area contributed by atoms with Crippen LogP contribution in [-0.2, 0) is 6.54 Å². The van der Waals surface area contributed by atoms with Crippen LogP contribution in [0.15, 0.2) is 41.2 Å². The molecule has 0 amide bonds. The van der Waals surface area contributed by atoms with Gasteiger partial charge < -0.3 is 4.90 Å². The van der Waals surface area contributed by atoms with Crippen LogP contribution in [0.25, 0.3) is 0 Å². The van der Waals surface area contributed by atoms with Crippen molar-refractivity contribution < 1.29 is 0 Å². The summed E-state index contributed by atoms with van der Waals surface area (Å²) in [4.78, 5) is 23.6. The van der Waals surface area contributed by atoms with Crippen molar-refractivity contribution >= 4 is 5.95 Å². The lowest BCUT2D eigenvalue weighted by Gasteiger charge is -2.22. The maximum absolute atomic E-state index is 11.6. The summed E-state index contributed by atoms with van der Waals surface area (Å²) in [7, 11) is 0. The smallest absolute Gasteiger partial charge is 0.252 e. The van der Waals surface area contributed by atoms with Crippen LogP contribution >= 0.6 is 0 Å². The molecular formula is C17H22N4O. The quantitative estimate of drug-likeness (QED) is 0.938. The third-order valence-electron chi connectivity index (χ3n) is 3.99. The van der Waals surface area contributed by atoms with Gasteiger partial charge in [-0.05, 0) is 18.9 Å². The predicted molar refractivity (Wildman–Crippen MR) is 88.1 cm³/mol. The highest BCUT2D eigenvalue weighted by Gasteiger charge is 2.17. The Labute approximate surface area is 130 Å². The van der Waals surface area contributed by atoms with Crippen LogP contribution in [0.3, 0.4) is 0 Å². The van der Waals surface area contributed by atoms with Gasteiger partial charge in [0.15, 0.2) is 0 Å². The van der Waals surface area contributed by atoms with E-state index in [4.69, 9.17) is 0 Å². The van der Waals surface area contributed by atoms with Crippen LogP contribution in [0.1, 0.15) is 17.7 Å². The third kappa shape index (κ3) is 3.74. The molecule has 0 unspecified atom stereocenters. The second-order valence-corrected chi connectivity index (χ2v) is 5.81. The maximum atomic E-state index is 11.6. The fourth-order valence-corrected chi connectivity index (χ4v) is 2.90. The number of aromatic amines is 1. The van der Waals surface area contributed by atoms with Gasteiger partial charge in [-0.2, -0.15) is 0 Å². The molecule has 0 radical (unpaired) electrons. The van der Waals surface area contributed by atoms with Crippen molar-refractivity contribution in [3.8, 4) is 0 Å². The molecule has 1 N–H and O–H groups in total. The standard InChI is InChI=1S/C17H22N4O/c1-14-12-16(22)19-17(18-14)21-9-5-8-20(10-11-21)13-15-6-3-2-4-7-15/h2-4,6-7,12H,5,8-11,13H2,1H3,(H,18,19,22). The molecule has 0 spiro atoms. The number of hydrogen-bond donors (Lipinski definition) is 1. The summed E-state index contributed by atoms with van der Waals surface area (Å²) in [6, 6.07) is 12.1. The van der Waals surface area contributed by atoms with E-state index >= 15 is 0 Å². The number of aryl methyl sites for hydroxylation is 1. The number of H-pyrrole nitrogens is 1. The van der Waals surface area contributed by atoms with Crippen molar-refractivity contribution in [2.75, 3.05) is 31.1 Å². The molecule has 22 heavy (non-hydrogen) atoms. The number of aromatic nitrogens is 2. The Morgan fingerprint density at radius 2 is 1.95 bits per heavy atom. The molecule has 1 aliphatic rings. The second-order valence-electron chi connectivity index (χ2n) is 5.81. The zero-order chi connectivity index (χ0) is 15.4. The average Bonchev–Trinajstić information content (AvgIpc) is 2.73. The summed E-state index contributed by atoms with van der Waals surface area (Å²) >= 11 is 0. The summed E-state index contributed by atoms with van der Waals surface area (Å²) in [5, 5.41) is 0. The van der Waals surface area contributed by atoms with Gasteiger partial charge in [0.05, 0.1) is 0 Å². The molecule has 1 aromatic carbocycles. The first kappa shape index (κ1) is 14.8. The van der Waals surface area contributed by atoms with Gasteiger partial charge in [-0.25, -0.2) is 4.98 Å². The minimum absolute atomic E-state index is 0.0760. The van der Waals surface area contributed by atoms with E-state index < -0.39 is 0 Å². The summed E-state index contributed by atoms with van der Waals surface area (Å²) in [6.45, 7) is 6.70. The Bertz CT molecular complexity index is 668. The first-order valence-electron chi connectivity index (χ1n) is 7.80. The van der Waals surface area contributed by atoms with E-state index in [0.29, 0.717) is 5.95 Å². The van der Waals surface area contributed by atoms with Crippen molar-refractivity contribution in [1.82, 2.24) is 14.9 Å². The van der Waals surface area contributed by atoms with E-state index in [1.807, 2.05) is 13.0 Å². The molecule has 1 fully saturated rings. The lowest BCUT2D eigenvalue weighted by Crippen LogP contribution is -2.32. The van der Waals surface area contributed by atoms with Crippen molar-refractivity contribution in [1.29, 1.82) is 0 Å². The van der Waals surface area contributed by atoms with Crippen molar-refractivity contribution in [2.24, 2.45) is 0 Å². The molecular weight excluding hydrogens is 276 g/mol. The number of anilines is 1. The van der Waals surface area contributed by atoms with Crippen LogP contribution in [0.5, 0.6) is 0 Å². The molecule has 116 valence electrons. The normalized spacial score (nSPS) is 16.5. The van der Waals surface area contributed by atoms with E-state index in [2.05, 4.69) is 44.0 Å². The highest BCUT2D eigenvalue weighted by Crippen LogP contribution is 2.12. The van der Waals surface area contributed by atoms with Gasteiger partial charge in [-0.3, -0.25) is 14.7 Å². The molecule has 1 aliphatic heterocycles. The van der Waals surface area contributed by atoms with Gasteiger partial charge in [0, 0.05) is 44.5 Å². The zero-order valence-electron chi connectivity index (χ0n) is 13.0. The first-order chi connectivity index (χ1) is 10.7. The molecule has 2 heterocycles. The van der Waals surface area contributed by atoms with Crippen molar-refractivity contribution in [3.05, 3.63) is 58.0 Å². The molecule has 3 rings (SSSR count). The van der Waals surface area contributed by atoms with Crippen LogP contribution < -0.4 is 10.5 Å². The third-order valence-corrected chi connectivity index (χ3v) is 3.99. The van der Waals surface area contributed by atoms with E-state index in [0.717, 1.165) is 44.8 Å². The van der Waals surface area contributed by atoms with Crippen molar-refractivity contribution in [2.45, 2.75) is 19.9 Å². The van der Waals surface area contributed by atoms with E-state index in [-0.39, 0.29) is 5.56 Å². The van der Waals surface area contributed by atoms with Crippen LogP contribution in [0.4, 0.5) is 5.95 Å². The first-order valence-corrected chi connectivity index (χ1v) is 7.80. The minimum atomic E-state index is -0.0760. The molecule has 1 saturated heterocycles. The van der Waals surface area contributed by atoms with Crippen LogP contribution in [0.2, 0.25) is 0 Å². The largest absolute Gasteiger partial charge is 0.341 e. The molecule has 5 heteroatoms. The highest BCUT2D eigenvalue weighted by molar-refractivity contribution is 5.30. The summed E-state index contributed by atoms with van der Waals surface area (Å²) in [5.41, 5.74) is 2.04. The topological polar surface area (TPSA) is 52.2 Å². The summed E-state index contributed by atoms with van der Waals surface area (Å²) in [5.74, 6) is 0.701. The predicted octanol–water partition coefficient (Wildman–Crippen LogP) is 1.79. The van der Waals surface area contributed by atoms with Crippen LogP contribution in [0, 0.1) is 6.92 Å². The average molecular weight is 298 g/mol. The molecule has 0 bridgehead atoms. The molecule has 2 aromatic rings. The number of hydrogen-bond acceptors (Lipinski definition) is 4.